The van der Waals surface area contributed by atoms with Crippen LogP contribution in [0.1, 0.15) is 30.7 Å². The standard InChI is InChI=1S/C12H15BrO/c1-14-12-5-3-2-4-11(12)9-6-7-10(13)8-9/h2-5,9-10H,6-8H2,1H3. The molecule has 2 heteroatoms. The minimum Gasteiger partial charge on any atom is -0.496 e. The monoisotopic (exact) mass is 254 g/mol. The SMILES string of the molecule is COc1ccccc1C1CCC(Br)C1. The van der Waals surface area contributed by atoms with Crippen molar-refractivity contribution in [2.75, 3.05) is 7.11 Å². The molecule has 0 heterocycles. The van der Waals surface area contributed by atoms with Crippen molar-refractivity contribution in [3.8, 4) is 5.75 Å². The Labute approximate surface area is 93.6 Å². The van der Waals surface area contributed by atoms with Crippen molar-refractivity contribution in [3.63, 3.8) is 0 Å². The van der Waals surface area contributed by atoms with Gasteiger partial charge >= 0.3 is 0 Å². The minimum atomic E-state index is 0.676. The predicted octanol–water partition coefficient (Wildman–Crippen LogP) is 3.73. The fourth-order valence-electron chi connectivity index (χ4n) is 2.21. The van der Waals surface area contributed by atoms with E-state index in [0.29, 0.717) is 10.7 Å². The summed E-state index contributed by atoms with van der Waals surface area (Å²) in [4.78, 5) is 0.692. The summed E-state index contributed by atoms with van der Waals surface area (Å²) in [5.41, 5.74) is 1.37. The highest BCUT2D eigenvalue weighted by atomic mass is 79.9. The molecule has 1 aliphatic rings. The molecule has 0 radical (unpaired) electrons. The third kappa shape index (κ3) is 1.95. The van der Waals surface area contributed by atoms with E-state index in [9.17, 15) is 0 Å². The highest BCUT2D eigenvalue weighted by molar-refractivity contribution is 9.09. The zero-order valence-electron chi connectivity index (χ0n) is 8.37. The van der Waals surface area contributed by atoms with E-state index < -0.39 is 0 Å². The Morgan fingerprint density at radius 3 is 2.71 bits per heavy atom. The first-order chi connectivity index (χ1) is 6.81. The molecule has 1 saturated carbocycles. The van der Waals surface area contributed by atoms with Gasteiger partial charge in [0.25, 0.3) is 0 Å². The van der Waals surface area contributed by atoms with E-state index in [2.05, 4.69) is 34.1 Å². The number of ether oxygens (including phenoxy) is 1. The summed E-state index contributed by atoms with van der Waals surface area (Å²) in [6.07, 6.45) is 3.79. The fourth-order valence-corrected chi connectivity index (χ4v) is 2.93. The summed E-state index contributed by atoms with van der Waals surface area (Å²) >= 11 is 3.68. The van der Waals surface area contributed by atoms with Gasteiger partial charge < -0.3 is 4.74 Å². The molecule has 0 bridgehead atoms. The van der Waals surface area contributed by atoms with Crippen LogP contribution in [0, 0.1) is 0 Å². The molecule has 76 valence electrons. The first kappa shape index (κ1) is 10.0. The van der Waals surface area contributed by atoms with Crippen molar-refractivity contribution < 1.29 is 4.74 Å². The van der Waals surface area contributed by atoms with E-state index in [1.807, 2.05) is 6.07 Å². The van der Waals surface area contributed by atoms with Gasteiger partial charge in [-0.15, -0.1) is 0 Å². The van der Waals surface area contributed by atoms with Crippen LogP contribution in [0.15, 0.2) is 24.3 Å². The molecule has 0 N–H and O–H groups in total. The molecular formula is C12H15BrO. The highest BCUT2D eigenvalue weighted by Crippen LogP contribution is 2.41. The van der Waals surface area contributed by atoms with Crippen LogP contribution in [-0.4, -0.2) is 11.9 Å². The summed E-state index contributed by atoms with van der Waals surface area (Å²) in [5, 5.41) is 0. The van der Waals surface area contributed by atoms with E-state index in [-0.39, 0.29) is 0 Å². The third-order valence-corrected chi connectivity index (χ3v) is 3.78. The van der Waals surface area contributed by atoms with Crippen LogP contribution in [0.3, 0.4) is 0 Å². The number of hydrogen-bond donors (Lipinski definition) is 0. The Morgan fingerprint density at radius 1 is 1.29 bits per heavy atom. The van der Waals surface area contributed by atoms with E-state index in [1.165, 1.54) is 24.8 Å². The average Bonchev–Trinajstić information content (AvgIpc) is 2.65. The van der Waals surface area contributed by atoms with Crippen molar-refractivity contribution in [3.05, 3.63) is 29.8 Å². The van der Waals surface area contributed by atoms with Crippen LogP contribution in [-0.2, 0) is 0 Å². The number of alkyl halides is 1. The van der Waals surface area contributed by atoms with Gasteiger partial charge in [0.1, 0.15) is 5.75 Å². The molecule has 0 amide bonds. The lowest BCUT2D eigenvalue weighted by Crippen LogP contribution is -1.97. The van der Waals surface area contributed by atoms with Crippen LogP contribution in [0.5, 0.6) is 5.75 Å². The van der Waals surface area contributed by atoms with Crippen molar-refractivity contribution in [2.45, 2.75) is 30.0 Å². The number of rotatable bonds is 2. The largest absolute Gasteiger partial charge is 0.496 e. The highest BCUT2D eigenvalue weighted by Gasteiger charge is 2.25. The van der Waals surface area contributed by atoms with Gasteiger partial charge in [0.2, 0.25) is 0 Å². The number of benzene rings is 1. The molecule has 0 saturated heterocycles. The van der Waals surface area contributed by atoms with E-state index in [0.717, 1.165) is 5.75 Å². The molecule has 1 aromatic rings. The van der Waals surface area contributed by atoms with Gasteiger partial charge in [0, 0.05) is 4.83 Å². The van der Waals surface area contributed by atoms with Gasteiger partial charge in [-0.25, -0.2) is 0 Å². The maximum Gasteiger partial charge on any atom is 0.122 e. The van der Waals surface area contributed by atoms with Gasteiger partial charge in [-0.2, -0.15) is 0 Å². The first-order valence-electron chi connectivity index (χ1n) is 5.08. The van der Waals surface area contributed by atoms with Gasteiger partial charge in [-0.05, 0) is 36.8 Å². The molecule has 0 aromatic heterocycles. The normalized spacial score (nSPS) is 26.4. The third-order valence-electron chi connectivity index (χ3n) is 2.95. The molecule has 1 aliphatic carbocycles. The Morgan fingerprint density at radius 2 is 2.07 bits per heavy atom. The summed E-state index contributed by atoms with van der Waals surface area (Å²) in [5.74, 6) is 1.72. The van der Waals surface area contributed by atoms with Crippen LogP contribution in [0.2, 0.25) is 0 Å². The van der Waals surface area contributed by atoms with Crippen molar-refractivity contribution in [1.82, 2.24) is 0 Å². The summed E-state index contributed by atoms with van der Waals surface area (Å²) < 4.78 is 5.38. The summed E-state index contributed by atoms with van der Waals surface area (Å²) in [6.45, 7) is 0. The smallest absolute Gasteiger partial charge is 0.122 e. The first-order valence-corrected chi connectivity index (χ1v) is 6.00. The van der Waals surface area contributed by atoms with Gasteiger partial charge in [0.15, 0.2) is 0 Å². The van der Waals surface area contributed by atoms with Crippen molar-refractivity contribution >= 4 is 15.9 Å². The second kappa shape index (κ2) is 4.35. The van der Waals surface area contributed by atoms with Gasteiger partial charge in [-0.1, -0.05) is 34.1 Å². The Bertz CT molecular complexity index is 311. The summed E-state index contributed by atoms with van der Waals surface area (Å²) in [7, 11) is 1.75. The predicted molar refractivity (Wildman–Crippen MR) is 62.3 cm³/mol. The molecule has 0 spiro atoms. The van der Waals surface area contributed by atoms with Crippen LogP contribution in [0.4, 0.5) is 0 Å². The molecule has 2 rings (SSSR count). The van der Waals surface area contributed by atoms with Crippen LogP contribution >= 0.6 is 15.9 Å². The molecule has 0 aliphatic heterocycles. The van der Waals surface area contributed by atoms with E-state index in [4.69, 9.17) is 4.74 Å². The number of para-hydroxylation sites is 1. The second-order valence-electron chi connectivity index (χ2n) is 3.85. The quantitative estimate of drug-likeness (QED) is 0.732. The van der Waals surface area contributed by atoms with Crippen LogP contribution < -0.4 is 4.74 Å². The zero-order valence-corrected chi connectivity index (χ0v) is 9.96. The Hall–Kier alpha value is -0.500. The lowest BCUT2D eigenvalue weighted by atomic mass is 9.97. The van der Waals surface area contributed by atoms with Crippen LogP contribution in [0.25, 0.3) is 0 Å². The Balaban J connectivity index is 2.22. The zero-order chi connectivity index (χ0) is 9.97. The molecule has 1 nitrogen and oxygen atoms in total. The topological polar surface area (TPSA) is 9.23 Å². The second-order valence-corrected chi connectivity index (χ2v) is 5.14. The fraction of sp³-hybridized carbons (Fsp3) is 0.500. The summed E-state index contributed by atoms with van der Waals surface area (Å²) in [6, 6.07) is 8.37. The molecule has 2 unspecified atom stereocenters. The van der Waals surface area contributed by atoms with Crippen molar-refractivity contribution in [1.29, 1.82) is 0 Å². The lowest BCUT2D eigenvalue weighted by Gasteiger charge is -2.13. The van der Waals surface area contributed by atoms with Gasteiger partial charge in [-0.3, -0.25) is 0 Å². The molecule has 14 heavy (non-hydrogen) atoms. The molecule has 2 atom stereocenters. The van der Waals surface area contributed by atoms with Gasteiger partial charge in [0.05, 0.1) is 7.11 Å². The lowest BCUT2D eigenvalue weighted by molar-refractivity contribution is 0.405. The average molecular weight is 255 g/mol. The molecule has 1 aromatic carbocycles. The maximum atomic E-state index is 5.38. The minimum absolute atomic E-state index is 0.676. The van der Waals surface area contributed by atoms with Crippen molar-refractivity contribution in [2.24, 2.45) is 0 Å². The number of methoxy groups -OCH3 is 1. The number of halogens is 1. The maximum absolute atomic E-state index is 5.38. The molecule has 1 fully saturated rings. The molecular weight excluding hydrogens is 240 g/mol. The van der Waals surface area contributed by atoms with E-state index >= 15 is 0 Å². The Kier molecular flexibility index (Phi) is 3.12. The van der Waals surface area contributed by atoms with E-state index in [1.54, 1.807) is 7.11 Å². The number of hydrogen-bond acceptors (Lipinski definition) is 1.